The molecule has 2 fully saturated rings. The zero-order chi connectivity index (χ0) is 16.9. The van der Waals surface area contributed by atoms with E-state index in [-0.39, 0.29) is 0 Å². The average Bonchev–Trinajstić information content (AvgIpc) is 3.17. The number of morpholine rings is 1. The summed E-state index contributed by atoms with van der Waals surface area (Å²) < 4.78 is 5.49. The Morgan fingerprint density at radius 1 is 1.00 bits per heavy atom. The van der Waals surface area contributed by atoms with Crippen LogP contribution in [-0.2, 0) is 11.3 Å². The molecular formula is C20H26N4O. The third kappa shape index (κ3) is 3.94. The van der Waals surface area contributed by atoms with Crippen LogP contribution in [0.1, 0.15) is 12.0 Å². The summed E-state index contributed by atoms with van der Waals surface area (Å²) in [6.07, 6.45) is 3.03. The lowest BCUT2D eigenvalue weighted by Crippen LogP contribution is -2.37. The second kappa shape index (κ2) is 7.85. The lowest BCUT2D eigenvalue weighted by Gasteiger charge is -2.31. The van der Waals surface area contributed by atoms with Crippen LogP contribution in [0.15, 0.2) is 48.7 Å². The molecule has 5 nitrogen and oxygen atoms in total. The minimum atomic E-state index is 0.514. The topological polar surface area (TPSA) is 40.6 Å². The van der Waals surface area contributed by atoms with E-state index in [0.717, 1.165) is 58.2 Å². The fourth-order valence-corrected chi connectivity index (χ4v) is 3.70. The van der Waals surface area contributed by atoms with Crippen molar-refractivity contribution < 1.29 is 4.74 Å². The lowest BCUT2D eigenvalue weighted by molar-refractivity contribution is 0.122. The molecule has 132 valence electrons. The van der Waals surface area contributed by atoms with E-state index < -0.39 is 0 Å². The highest BCUT2D eigenvalue weighted by Gasteiger charge is 2.23. The Bertz CT molecular complexity index is 672. The first kappa shape index (κ1) is 16.4. The standard InChI is InChI=1S/C20H26N4O/c1-2-6-19(23-11-13-25-14-12-23)17(5-1)15-22-18-8-10-24(16-18)20-7-3-4-9-21-20/h1-7,9,18,22H,8,10-16H2. The van der Waals surface area contributed by atoms with Crippen molar-refractivity contribution in [2.45, 2.75) is 19.0 Å². The summed E-state index contributed by atoms with van der Waals surface area (Å²) in [6.45, 7) is 6.61. The summed E-state index contributed by atoms with van der Waals surface area (Å²) in [6, 6.07) is 15.4. The summed E-state index contributed by atoms with van der Waals surface area (Å²) in [4.78, 5) is 9.27. The molecule has 0 spiro atoms. The van der Waals surface area contributed by atoms with Gasteiger partial charge in [-0.15, -0.1) is 0 Å². The molecule has 1 aromatic heterocycles. The number of hydrogen-bond acceptors (Lipinski definition) is 5. The first-order chi connectivity index (χ1) is 12.4. The predicted molar refractivity (Wildman–Crippen MR) is 101 cm³/mol. The van der Waals surface area contributed by atoms with Crippen LogP contribution >= 0.6 is 0 Å². The van der Waals surface area contributed by atoms with E-state index in [0.29, 0.717) is 6.04 Å². The van der Waals surface area contributed by atoms with Crippen molar-refractivity contribution in [3.05, 3.63) is 54.2 Å². The second-order valence-electron chi connectivity index (χ2n) is 6.73. The van der Waals surface area contributed by atoms with Crippen LogP contribution in [0.3, 0.4) is 0 Å². The molecule has 1 N–H and O–H groups in total. The third-order valence-electron chi connectivity index (χ3n) is 5.09. The minimum Gasteiger partial charge on any atom is -0.378 e. The molecule has 4 rings (SSSR count). The van der Waals surface area contributed by atoms with E-state index in [1.54, 1.807) is 0 Å². The molecule has 2 aliphatic rings. The maximum atomic E-state index is 5.49. The Balaban J connectivity index is 1.36. The van der Waals surface area contributed by atoms with E-state index in [2.05, 4.69) is 56.5 Å². The van der Waals surface area contributed by atoms with Gasteiger partial charge in [-0.1, -0.05) is 24.3 Å². The van der Waals surface area contributed by atoms with Crippen molar-refractivity contribution in [1.29, 1.82) is 0 Å². The van der Waals surface area contributed by atoms with E-state index in [4.69, 9.17) is 4.74 Å². The smallest absolute Gasteiger partial charge is 0.128 e. The molecule has 0 aliphatic carbocycles. The SMILES string of the molecule is c1ccc(N2CCC(NCc3ccccc3N3CCOCC3)C2)nc1. The van der Waals surface area contributed by atoms with Crippen molar-refractivity contribution >= 4 is 11.5 Å². The van der Waals surface area contributed by atoms with Gasteiger partial charge in [-0.05, 0) is 30.2 Å². The van der Waals surface area contributed by atoms with Gasteiger partial charge in [0, 0.05) is 50.6 Å². The number of benzene rings is 1. The van der Waals surface area contributed by atoms with E-state index in [1.165, 1.54) is 11.3 Å². The number of anilines is 2. The number of pyridine rings is 1. The second-order valence-corrected chi connectivity index (χ2v) is 6.73. The third-order valence-corrected chi connectivity index (χ3v) is 5.09. The molecule has 2 saturated heterocycles. The zero-order valence-electron chi connectivity index (χ0n) is 14.6. The number of hydrogen-bond donors (Lipinski definition) is 1. The fourth-order valence-electron chi connectivity index (χ4n) is 3.70. The van der Waals surface area contributed by atoms with Crippen LogP contribution in [-0.4, -0.2) is 50.4 Å². The summed E-state index contributed by atoms with van der Waals surface area (Å²) in [7, 11) is 0. The molecule has 0 amide bonds. The summed E-state index contributed by atoms with van der Waals surface area (Å²) in [5, 5.41) is 3.75. The number of rotatable bonds is 5. The van der Waals surface area contributed by atoms with Gasteiger partial charge in [0.2, 0.25) is 0 Å². The molecule has 25 heavy (non-hydrogen) atoms. The number of para-hydroxylation sites is 1. The van der Waals surface area contributed by atoms with Crippen LogP contribution in [0.5, 0.6) is 0 Å². The predicted octanol–water partition coefficient (Wildman–Crippen LogP) is 2.29. The van der Waals surface area contributed by atoms with Crippen molar-refractivity contribution in [1.82, 2.24) is 10.3 Å². The maximum absolute atomic E-state index is 5.49. The monoisotopic (exact) mass is 338 g/mol. The van der Waals surface area contributed by atoms with Gasteiger partial charge in [0.05, 0.1) is 13.2 Å². The van der Waals surface area contributed by atoms with Crippen molar-refractivity contribution in [3.8, 4) is 0 Å². The molecule has 1 atom stereocenters. The first-order valence-electron chi connectivity index (χ1n) is 9.20. The van der Waals surface area contributed by atoms with Gasteiger partial charge in [-0.25, -0.2) is 4.98 Å². The molecule has 0 bridgehead atoms. The zero-order valence-corrected chi connectivity index (χ0v) is 14.6. The Labute approximate surface area is 149 Å². The van der Waals surface area contributed by atoms with Crippen LogP contribution in [0, 0.1) is 0 Å². The number of aromatic nitrogens is 1. The van der Waals surface area contributed by atoms with Crippen molar-refractivity contribution in [3.63, 3.8) is 0 Å². The van der Waals surface area contributed by atoms with Gasteiger partial charge in [0.25, 0.3) is 0 Å². The Morgan fingerprint density at radius 2 is 1.84 bits per heavy atom. The van der Waals surface area contributed by atoms with Crippen LogP contribution < -0.4 is 15.1 Å². The van der Waals surface area contributed by atoms with Gasteiger partial charge in [0.1, 0.15) is 5.82 Å². The molecule has 2 aliphatic heterocycles. The van der Waals surface area contributed by atoms with Crippen LogP contribution in [0.25, 0.3) is 0 Å². The molecule has 1 unspecified atom stereocenters. The Kier molecular flexibility index (Phi) is 5.14. The van der Waals surface area contributed by atoms with Crippen LogP contribution in [0.4, 0.5) is 11.5 Å². The van der Waals surface area contributed by atoms with Gasteiger partial charge in [0.15, 0.2) is 0 Å². The number of nitrogens with zero attached hydrogens (tertiary/aromatic N) is 3. The maximum Gasteiger partial charge on any atom is 0.128 e. The van der Waals surface area contributed by atoms with E-state index in [9.17, 15) is 0 Å². The van der Waals surface area contributed by atoms with Crippen molar-refractivity contribution in [2.75, 3.05) is 49.2 Å². The van der Waals surface area contributed by atoms with Crippen LogP contribution in [0.2, 0.25) is 0 Å². The van der Waals surface area contributed by atoms with Gasteiger partial charge in [-0.2, -0.15) is 0 Å². The first-order valence-corrected chi connectivity index (χ1v) is 9.20. The quantitative estimate of drug-likeness (QED) is 0.906. The highest BCUT2D eigenvalue weighted by Crippen LogP contribution is 2.22. The fraction of sp³-hybridized carbons (Fsp3) is 0.450. The minimum absolute atomic E-state index is 0.514. The van der Waals surface area contributed by atoms with Gasteiger partial charge < -0.3 is 19.9 Å². The molecular weight excluding hydrogens is 312 g/mol. The largest absolute Gasteiger partial charge is 0.378 e. The van der Waals surface area contributed by atoms with Gasteiger partial charge in [-0.3, -0.25) is 0 Å². The Hall–Kier alpha value is -2.11. The lowest BCUT2D eigenvalue weighted by atomic mass is 10.1. The number of nitrogens with one attached hydrogen (secondary N) is 1. The normalized spacial score (nSPS) is 20.9. The van der Waals surface area contributed by atoms with E-state index >= 15 is 0 Å². The highest BCUT2D eigenvalue weighted by atomic mass is 16.5. The molecule has 0 radical (unpaired) electrons. The Morgan fingerprint density at radius 3 is 2.68 bits per heavy atom. The summed E-state index contributed by atoms with van der Waals surface area (Å²) in [5.74, 6) is 1.08. The van der Waals surface area contributed by atoms with Gasteiger partial charge >= 0.3 is 0 Å². The highest BCUT2D eigenvalue weighted by molar-refractivity contribution is 5.54. The average molecular weight is 338 g/mol. The molecule has 0 saturated carbocycles. The molecule has 3 heterocycles. The molecule has 2 aromatic rings. The van der Waals surface area contributed by atoms with E-state index in [1.807, 2.05) is 12.3 Å². The molecule has 5 heteroatoms. The summed E-state index contributed by atoms with van der Waals surface area (Å²) >= 11 is 0. The summed E-state index contributed by atoms with van der Waals surface area (Å²) in [5.41, 5.74) is 2.72. The molecule has 1 aromatic carbocycles. The van der Waals surface area contributed by atoms with Crippen molar-refractivity contribution in [2.24, 2.45) is 0 Å². The number of ether oxygens (including phenoxy) is 1.